The van der Waals surface area contributed by atoms with Crippen LogP contribution in [0.4, 0.5) is 0 Å². The molecule has 2 rings (SSSR count). The molecule has 1 nitrogen and oxygen atoms in total. The highest BCUT2D eigenvalue weighted by Crippen LogP contribution is 2.34. The summed E-state index contributed by atoms with van der Waals surface area (Å²) in [6, 6.07) is 5.86. The average molecular weight is 286 g/mol. The largest absolute Gasteiger partial charge is 0.319 e. The molecule has 1 atom stereocenters. The standard InChI is InChI=1S/C15H21Cl2N/c1-18-10-13(11-4-2-3-5-11)8-12-6-7-14(16)9-15(12)17/h6-7,9,11,13,18H,2-5,8,10H2,1H3. The Morgan fingerprint density at radius 2 is 2.00 bits per heavy atom. The average Bonchev–Trinajstić information content (AvgIpc) is 2.85. The maximum Gasteiger partial charge on any atom is 0.0452 e. The minimum Gasteiger partial charge on any atom is -0.319 e. The molecule has 0 amide bonds. The molecule has 0 aliphatic heterocycles. The quantitative estimate of drug-likeness (QED) is 0.836. The Morgan fingerprint density at radius 3 is 2.61 bits per heavy atom. The van der Waals surface area contributed by atoms with E-state index in [9.17, 15) is 0 Å². The molecule has 1 unspecified atom stereocenters. The van der Waals surface area contributed by atoms with E-state index in [2.05, 4.69) is 11.4 Å². The molecule has 1 aliphatic carbocycles. The zero-order valence-electron chi connectivity index (χ0n) is 10.9. The Balaban J connectivity index is 2.07. The highest BCUT2D eigenvalue weighted by atomic mass is 35.5. The monoisotopic (exact) mass is 285 g/mol. The third-order valence-corrected chi connectivity index (χ3v) is 4.62. The van der Waals surface area contributed by atoms with E-state index in [1.807, 2.05) is 19.2 Å². The Hall–Kier alpha value is -0.240. The molecule has 0 spiro atoms. The predicted molar refractivity (Wildman–Crippen MR) is 79.5 cm³/mol. The van der Waals surface area contributed by atoms with E-state index in [1.54, 1.807) is 0 Å². The first kappa shape index (κ1) is 14.2. The first-order chi connectivity index (χ1) is 8.70. The molecule has 0 radical (unpaired) electrons. The lowest BCUT2D eigenvalue weighted by molar-refractivity contribution is 0.328. The lowest BCUT2D eigenvalue weighted by Crippen LogP contribution is -2.26. The van der Waals surface area contributed by atoms with Crippen LogP contribution in [0, 0.1) is 11.8 Å². The van der Waals surface area contributed by atoms with Crippen LogP contribution in [0.2, 0.25) is 10.0 Å². The van der Waals surface area contributed by atoms with E-state index in [4.69, 9.17) is 23.2 Å². The molecule has 3 heteroatoms. The number of rotatable bonds is 5. The van der Waals surface area contributed by atoms with Gasteiger partial charge in [-0.15, -0.1) is 0 Å². The van der Waals surface area contributed by atoms with E-state index < -0.39 is 0 Å². The van der Waals surface area contributed by atoms with Crippen molar-refractivity contribution in [2.75, 3.05) is 13.6 Å². The van der Waals surface area contributed by atoms with Crippen molar-refractivity contribution in [1.82, 2.24) is 5.32 Å². The molecular formula is C15H21Cl2N. The van der Waals surface area contributed by atoms with Gasteiger partial charge < -0.3 is 5.32 Å². The second-order valence-corrected chi connectivity index (χ2v) is 6.15. The second-order valence-electron chi connectivity index (χ2n) is 5.30. The van der Waals surface area contributed by atoms with Crippen molar-refractivity contribution in [3.05, 3.63) is 33.8 Å². The van der Waals surface area contributed by atoms with E-state index >= 15 is 0 Å². The van der Waals surface area contributed by atoms with Crippen LogP contribution in [0.3, 0.4) is 0 Å². The van der Waals surface area contributed by atoms with Crippen molar-refractivity contribution in [3.8, 4) is 0 Å². The molecule has 1 aromatic carbocycles. The van der Waals surface area contributed by atoms with Gasteiger partial charge in [0.2, 0.25) is 0 Å². The van der Waals surface area contributed by atoms with Crippen LogP contribution < -0.4 is 5.32 Å². The van der Waals surface area contributed by atoms with Crippen LogP contribution in [0.25, 0.3) is 0 Å². The van der Waals surface area contributed by atoms with Crippen molar-refractivity contribution in [3.63, 3.8) is 0 Å². The number of hydrogen-bond donors (Lipinski definition) is 1. The summed E-state index contributed by atoms with van der Waals surface area (Å²) in [6.07, 6.45) is 6.58. The third kappa shape index (κ3) is 3.63. The van der Waals surface area contributed by atoms with Gasteiger partial charge in [-0.2, -0.15) is 0 Å². The van der Waals surface area contributed by atoms with Gasteiger partial charge in [0.05, 0.1) is 0 Å². The molecule has 100 valence electrons. The van der Waals surface area contributed by atoms with E-state index in [1.165, 1.54) is 31.2 Å². The first-order valence-electron chi connectivity index (χ1n) is 6.79. The molecule has 1 N–H and O–H groups in total. The SMILES string of the molecule is CNCC(Cc1ccc(Cl)cc1Cl)C1CCCC1. The van der Waals surface area contributed by atoms with Crippen LogP contribution in [0.1, 0.15) is 31.2 Å². The number of benzene rings is 1. The Labute approximate surface area is 120 Å². The van der Waals surface area contributed by atoms with Crippen molar-refractivity contribution < 1.29 is 0 Å². The van der Waals surface area contributed by atoms with Crippen molar-refractivity contribution in [2.45, 2.75) is 32.1 Å². The van der Waals surface area contributed by atoms with Gasteiger partial charge in [0.25, 0.3) is 0 Å². The topological polar surface area (TPSA) is 12.0 Å². The van der Waals surface area contributed by atoms with Gasteiger partial charge in [-0.25, -0.2) is 0 Å². The molecule has 0 saturated heterocycles. The maximum absolute atomic E-state index is 6.28. The molecule has 1 aliphatic rings. The van der Waals surface area contributed by atoms with Crippen molar-refractivity contribution in [2.24, 2.45) is 11.8 Å². The van der Waals surface area contributed by atoms with E-state index in [-0.39, 0.29) is 0 Å². The summed E-state index contributed by atoms with van der Waals surface area (Å²) in [5.41, 5.74) is 1.23. The Morgan fingerprint density at radius 1 is 1.28 bits per heavy atom. The maximum atomic E-state index is 6.28. The Bertz CT molecular complexity index is 386. The van der Waals surface area contributed by atoms with Crippen LogP contribution in [0.5, 0.6) is 0 Å². The molecular weight excluding hydrogens is 265 g/mol. The van der Waals surface area contributed by atoms with Crippen LogP contribution >= 0.6 is 23.2 Å². The summed E-state index contributed by atoms with van der Waals surface area (Å²) in [5, 5.41) is 4.85. The molecule has 0 aromatic heterocycles. The summed E-state index contributed by atoms with van der Waals surface area (Å²) in [5.74, 6) is 1.54. The molecule has 0 heterocycles. The van der Waals surface area contributed by atoms with E-state index in [0.717, 1.165) is 28.9 Å². The number of hydrogen-bond acceptors (Lipinski definition) is 1. The molecule has 18 heavy (non-hydrogen) atoms. The minimum absolute atomic E-state index is 0.691. The smallest absolute Gasteiger partial charge is 0.0452 e. The summed E-state index contributed by atoms with van der Waals surface area (Å²) < 4.78 is 0. The highest BCUT2D eigenvalue weighted by molar-refractivity contribution is 6.35. The fraction of sp³-hybridized carbons (Fsp3) is 0.600. The van der Waals surface area contributed by atoms with Gasteiger partial charge in [-0.3, -0.25) is 0 Å². The fourth-order valence-electron chi connectivity index (χ4n) is 3.07. The molecule has 1 fully saturated rings. The summed E-state index contributed by atoms with van der Waals surface area (Å²) in [7, 11) is 2.03. The summed E-state index contributed by atoms with van der Waals surface area (Å²) in [4.78, 5) is 0. The fourth-order valence-corrected chi connectivity index (χ4v) is 3.55. The van der Waals surface area contributed by atoms with Crippen LogP contribution in [-0.4, -0.2) is 13.6 Å². The van der Waals surface area contributed by atoms with Gasteiger partial charge >= 0.3 is 0 Å². The second kappa shape index (κ2) is 6.79. The molecule has 0 bridgehead atoms. The van der Waals surface area contributed by atoms with Gasteiger partial charge in [-0.1, -0.05) is 55.0 Å². The van der Waals surface area contributed by atoms with Gasteiger partial charge in [0, 0.05) is 10.0 Å². The number of nitrogens with one attached hydrogen (secondary N) is 1. The third-order valence-electron chi connectivity index (χ3n) is 4.03. The zero-order valence-corrected chi connectivity index (χ0v) is 12.4. The Kier molecular flexibility index (Phi) is 5.35. The lowest BCUT2D eigenvalue weighted by Gasteiger charge is -2.23. The van der Waals surface area contributed by atoms with Gasteiger partial charge in [0.1, 0.15) is 0 Å². The van der Waals surface area contributed by atoms with Crippen LogP contribution in [-0.2, 0) is 6.42 Å². The zero-order chi connectivity index (χ0) is 13.0. The minimum atomic E-state index is 0.691. The van der Waals surface area contributed by atoms with Crippen molar-refractivity contribution >= 4 is 23.2 Å². The summed E-state index contributed by atoms with van der Waals surface area (Å²) in [6.45, 7) is 1.07. The lowest BCUT2D eigenvalue weighted by atomic mass is 9.85. The van der Waals surface area contributed by atoms with Crippen molar-refractivity contribution in [1.29, 1.82) is 0 Å². The number of halogens is 2. The normalized spacial score (nSPS) is 18.2. The molecule has 1 aromatic rings. The van der Waals surface area contributed by atoms with Gasteiger partial charge in [-0.05, 0) is 49.5 Å². The molecule has 1 saturated carbocycles. The predicted octanol–water partition coefficient (Wildman–Crippen LogP) is 4.56. The van der Waals surface area contributed by atoms with Crippen LogP contribution in [0.15, 0.2) is 18.2 Å². The highest BCUT2D eigenvalue weighted by Gasteiger charge is 2.25. The van der Waals surface area contributed by atoms with E-state index in [0.29, 0.717) is 5.92 Å². The van der Waals surface area contributed by atoms with Gasteiger partial charge in [0.15, 0.2) is 0 Å². The summed E-state index contributed by atoms with van der Waals surface area (Å²) >= 11 is 12.2. The first-order valence-corrected chi connectivity index (χ1v) is 7.55.